The van der Waals surface area contributed by atoms with Gasteiger partial charge in [0.2, 0.25) is 0 Å². The Hall–Kier alpha value is -4.71. The molecule has 0 saturated heterocycles. The summed E-state index contributed by atoms with van der Waals surface area (Å²) in [6, 6.07) is 23.3. The van der Waals surface area contributed by atoms with Crippen molar-refractivity contribution >= 4 is 35.7 Å². The van der Waals surface area contributed by atoms with Gasteiger partial charge in [0.25, 0.3) is 11.8 Å². The molecule has 0 aromatic heterocycles. The molecule has 0 heterocycles. The summed E-state index contributed by atoms with van der Waals surface area (Å²) >= 11 is 1.49. The van der Waals surface area contributed by atoms with Crippen molar-refractivity contribution in [1.82, 2.24) is 27.0 Å². The van der Waals surface area contributed by atoms with Crippen molar-refractivity contribution in [2.75, 3.05) is 12.0 Å². The van der Waals surface area contributed by atoms with Crippen LogP contribution in [0.3, 0.4) is 0 Å². The maximum atomic E-state index is 12.6. The second kappa shape index (κ2) is 16.3. The molecule has 12 heteroatoms. The van der Waals surface area contributed by atoms with Crippen LogP contribution >= 0.6 is 11.8 Å². The number of nitrogens with one attached hydrogen (secondary N) is 5. The van der Waals surface area contributed by atoms with Crippen LogP contribution in [0.4, 0.5) is 9.59 Å². The van der Waals surface area contributed by atoms with E-state index in [0.717, 1.165) is 11.1 Å². The number of rotatable bonds is 11. The lowest BCUT2D eigenvalue weighted by Crippen LogP contribution is -2.56. The van der Waals surface area contributed by atoms with Crippen molar-refractivity contribution in [3.63, 3.8) is 0 Å². The molecule has 0 aliphatic heterocycles. The summed E-state index contributed by atoms with van der Waals surface area (Å²) in [5, 5.41) is 2.50. The molecule has 0 radical (unpaired) electrons. The minimum absolute atomic E-state index is 0.0476. The number of urea groups is 1. The molecule has 11 nitrogen and oxygen atoms in total. The molecule has 3 aromatic rings. The van der Waals surface area contributed by atoms with Gasteiger partial charge in [0.1, 0.15) is 25.0 Å². The molecule has 5 N–H and O–H groups in total. The second-order valence-corrected chi connectivity index (χ2v) is 9.35. The van der Waals surface area contributed by atoms with Gasteiger partial charge >= 0.3 is 12.1 Å². The number of carbonyl (C=O) groups excluding carboxylic acids is 4. The summed E-state index contributed by atoms with van der Waals surface area (Å²) < 4.78 is 10.9. The van der Waals surface area contributed by atoms with Crippen LogP contribution in [0.2, 0.25) is 0 Å². The van der Waals surface area contributed by atoms with Gasteiger partial charge in [0.05, 0.1) is 0 Å². The predicted octanol–water partition coefficient (Wildman–Crippen LogP) is 3.29. The zero-order valence-electron chi connectivity index (χ0n) is 21.8. The van der Waals surface area contributed by atoms with Gasteiger partial charge in [-0.1, -0.05) is 66.7 Å². The van der Waals surface area contributed by atoms with Crippen molar-refractivity contribution in [2.45, 2.75) is 25.7 Å². The number of hydrazine groups is 2. The van der Waals surface area contributed by atoms with Crippen LogP contribution in [0.25, 0.3) is 0 Å². The van der Waals surface area contributed by atoms with Gasteiger partial charge in [-0.15, -0.1) is 0 Å². The Bertz CT molecular complexity index is 1260. The molecular weight excluding hydrogens is 534 g/mol. The number of carbonyl (C=O) groups is 4. The highest BCUT2D eigenvalue weighted by atomic mass is 32.2. The van der Waals surface area contributed by atoms with E-state index in [1.54, 1.807) is 24.3 Å². The fourth-order valence-corrected chi connectivity index (χ4v) is 3.77. The lowest BCUT2D eigenvalue weighted by Gasteiger charge is -2.18. The lowest BCUT2D eigenvalue weighted by atomic mass is 10.2. The van der Waals surface area contributed by atoms with E-state index in [1.807, 2.05) is 66.9 Å². The first-order valence-electron chi connectivity index (χ1n) is 12.3. The number of ether oxygens (including phenoxy) is 2. The summed E-state index contributed by atoms with van der Waals surface area (Å²) in [7, 11) is 0. The summed E-state index contributed by atoms with van der Waals surface area (Å²) in [5.74, 6) is -0.185. The molecule has 0 aliphatic rings. The molecule has 0 bridgehead atoms. The molecule has 0 saturated carbocycles. The average molecular weight is 566 g/mol. The molecule has 1 atom stereocenters. The van der Waals surface area contributed by atoms with E-state index in [9.17, 15) is 19.2 Å². The first-order chi connectivity index (χ1) is 19.4. The normalized spacial score (nSPS) is 10.9. The van der Waals surface area contributed by atoms with Crippen molar-refractivity contribution in [2.24, 2.45) is 0 Å². The van der Waals surface area contributed by atoms with Crippen LogP contribution in [0.15, 0.2) is 84.9 Å². The van der Waals surface area contributed by atoms with Crippen LogP contribution < -0.4 is 31.8 Å². The Balaban J connectivity index is 1.42. The fourth-order valence-electron chi connectivity index (χ4n) is 3.30. The molecular formula is C28H31N5O6S. The molecule has 0 fully saturated rings. The zero-order chi connectivity index (χ0) is 28.6. The zero-order valence-corrected chi connectivity index (χ0v) is 22.7. The first-order valence-corrected chi connectivity index (χ1v) is 13.7. The molecule has 3 aromatic carbocycles. The quantitative estimate of drug-likeness (QED) is 0.224. The molecule has 3 rings (SSSR count). The third-order valence-corrected chi connectivity index (χ3v) is 6.01. The fraction of sp³-hybridized carbons (Fsp3) is 0.214. The van der Waals surface area contributed by atoms with Crippen LogP contribution in [0.1, 0.15) is 27.9 Å². The van der Waals surface area contributed by atoms with E-state index in [1.165, 1.54) is 11.8 Å². The molecule has 1 unspecified atom stereocenters. The highest BCUT2D eigenvalue weighted by molar-refractivity contribution is 7.98. The lowest BCUT2D eigenvalue weighted by molar-refractivity contribution is -0.123. The predicted molar refractivity (Wildman–Crippen MR) is 151 cm³/mol. The van der Waals surface area contributed by atoms with E-state index >= 15 is 0 Å². The first kappa shape index (κ1) is 29.8. The third-order valence-electron chi connectivity index (χ3n) is 5.37. The Morgan fingerprint density at radius 3 is 2.10 bits per heavy atom. The Kier molecular flexibility index (Phi) is 12.2. The summed E-state index contributed by atoms with van der Waals surface area (Å²) in [6.07, 6.45) is 1.40. The summed E-state index contributed by atoms with van der Waals surface area (Å²) in [4.78, 5) is 49.4. The summed E-state index contributed by atoms with van der Waals surface area (Å²) in [5.41, 5.74) is 10.8. The number of amides is 5. The highest BCUT2D eigenvalue weighted by Crippen LogP contribution is 2.15. The molecule has 0 aliphatic carbocycles. The van der Waals surface area contributed by atoms with Crippen LogP contribution in [0.5, 0.6) is 5.75 Å². The number of thioether (sulfide) groups is 1. The minimum Gasteiger partial charge on any atom is -0.489 e. The Morgan fingerprint density at radius 1 is 0.775 bits per heavy atom. The van der Waals surface area contributed by atoms with Gasteiger partial charge in [-0.25, -0.2) is 20.4 Å². The summed E-state index contributed by atoms with van der Waals surface area (Å²) in [6.45, 7) is 0.385. The Morgan fingerprint density at radius 2 is 1.43 bits per heavy atom. The number of benzene rings is 3. The maximum absolute atomic E-state index is 12.6. The van der Waals surface area contributed by atoms with E-state index < -0.39 is 30.0 Å². The van der Waals surface area contributed by atoms with Crippen molar-refractivity contribution in [3.05, 3.63) is 102 Å². The standard InChI is InChI=1S/C28H31N5O6S/c1-40-16-15-24(29-28(37)39-19-21-11-6-3-7-12-21)26(35)31-33-27(36)32-30-25(34)22-13-8-14-23(17-22)38-18-20-9-4-2-5-10-20/h2-14,17,24H,15-16,18-19H2,1H3,(H,29,37)(H,30,34)(H,31,35)(H2,32,33,36). The molecule has 5 amide bonds. The van der Waals surface area contributed by atoms with Gasteiger partial charge in [-0.05, 0) is 47.8 Å². The van der Waals surface area contributed by atoms with Gasteiger partial charge in [-0.2, -0.15) is 11.8 Å². The number of hydrogen-bond acceptors (Lipinski definition) is 7. The second-order valence-electron chi connectivity index (χ2n) is 8.36. The molecule has 40 heavy (non-hydrogen) atoms. The van der Waals surface area contributed by atoms with Gasteiger partial charge in [0.15, 0.2) is 0 Å². The highest BCUT2D eigenvalue weighted by Gasteiger charge is 2.22. The topological polar surface area (TPSA) is 147 Å². The third kappa shape index (κ3) is 10.6. The SMILES string of the molecule is CSCCC(NC(=O)OCc1ccccc1)C(=O)NNC(=O)NNC(=O)c1cccc(OCc2ccccc2)c1. The monoisotopic (exact) mass is 565 g/mol. The van der Waals surface area contributed by atoms with Gasteiger partial charge in [0, 0.05) is 5.56 Å². The van der Waals surface area contributed by atoms with Crippen LogP contribution in [0, 0.1) is 0 Å². The van der Waals surface area contributed by atoms with Crippen molar-refractivity contribution < 1.29 is 28.7 Å². The van der Waals surface area contributed by atoms with E-state index in [-0.39, 0.29) is 12.2 Å². The molecule has 210 valence electrons. The minimum atomic E-state index is -0.954. The average Bonchev–Trinajstić information content (AvgIpc) is 2.99. The molecule has 0 spiro atoms. The number of hydrogen-bond donors (Lipinski definition) is 5. The van der Waals surface area contributed by atoms with Crippen molar-refractivity contribution in [3.8, 4) is 5.75 Å². The maximum Gasteiger partial charge on any atom is 0.408 e. The smallest absolute Gasteiger partial charge is 0.408 e. The van der Waals surface area contributed by atoms with Crippen LogP contribution in [-0.2, 0) is 22.7 Å². The van der Waals surface area contributed by atoms with E-state index in [0.29, 0.717) is 24.5 Å². The van der Waals surface area contributed by atoms with Crippen molar-refractivity contribution in [1.29, 1.82) is 0 Å². The number of alkyl carbamates (subject to hydrolysis) is 1. The van der Waals surface area contributed by atoms with E-state index in [2.05, 4.69) is 27.0 Å². The van der Waals surface area contributed by atoms with E-state index in [4.69, 9.17) is 9.47 Å². The largest absolute Gasteiger partial charge is 0.489 e. The van der Waals surface area contributed by atoms with Gasteiger partial charge in [-0.3, -0.25) is 20.4 Å². The Labute approximate surface area is 236 Å². The van der Waals surface area contributed by atoms with Gasteiger partial charge < -0.3 is 14.8 Å². The van der Waals surface area contributed by atoms with Crippen LogP contribution in [-0.4, -0.2) is 42.0 Å².